The minimum atomic E-state index is -1.05. The van der Waals surface area contributed by atoms with E-state index in [0.717, 1.165) is 0 Å². The van der Waals surface area contributed by atoms with Crippen molar-refractivity contribution < 1.29 is 18.9 Å². The Kier molecular flexibility index (Phi) is 6.17. The van der Waals surface area contributed by atoms with E-state index in [1.165, 1.54) is 12.1 Å². The van der Waals surface area contributed by atoms with Crippen molar-refractivity contribution in [3.63, 3.8) is 0 Å². The largest absolute Gasteiger partial charge is 0.478 e. The second-order valence-corrected chi connectivity index (χ2v) is 6.01. The monoisotopic (exact) mass is 298 g/mol. The van der Waals surface area contributed by atoms with Crippen LogP contribution in [0.25, 0.3) is 0 Å². The quantitative estimate of drug-likeness (QED) is 0.744. The predicted molar refractivity (Wildman–Crippen MR) is 78.6 cm³/mol. The topological polar surface area (TPSA) is 95.5 Å². The normalized spacial score (nSPS) is 13.3. The maximum absolute atomic E-state index is 11.7. The van der Waals surface area contributed by atoms with Gasteiger partial charge in [0.2, 0.25) is 0 Å². The standard InChI is InChI=1S/C13H18N2O4S/c1-9(6-7-20(2)19)14-13(18)15-11-5-3-4-10(8-11)12(16)17/h3-5,8-9H,6-7H2,1-2H3,(H,16,17)(H2,14,15,18). The third-order valence-electron chi connectivity index (χ3n) is 2.58. The molecule has 2 unspecified atom stereocenters. The van der Waals surface area contributed by atoms with E-state index in [9.17, 15) is 13.8 Å². The predicted octanol–water partition coefficient (Wildman–Crippen LogP) is 1.66. The first-order valence-corrected chi connectivity index (χ1v) is 7.82. The molecule has 7 heteroatoms. The van der Waals surface area contributed by atoms with E-state index in [1.807, 2.05) is 6.92 Å². The SMILES string of the molecule is CC(CCS(C)=O)NC(=O)Nc1cccc(C(=O)O)c1. The number of nitrogens with one attached hydrogen (secondary N) is 2. The maximum Gasteiger partial charge on any atom is 0.335 e. The van der Waals surface area contributed by atoms with Crippen molar-refractivity contribution in [2.24, 2.45) is 0 Å². The molecule has 110 valence electrons. The summed E-state index contributed by atoms with van der Waals surface area (Å²) in [5.41, 5.74) is 0.519. The lowest BCUT2D eigenvalue weighted by Gasteiger charge is -2.14. The molecule has 0 fully saturated rings. The molecule has 2 amide bonds. The summed E-state index contributed by atoms with van der Waals surface area (Å²) in [6, 6.07) is 5.47. The number of carboxylic acid groups (broad SMARTS) is 1. The van der Waals surface area contributed by atoms with Crippen LogP contribution in [0.3, 0.4) is 0 Å². The lowest BCUT2D eigenvalue weighted by molar-refractivity contribution is 0.0697. The van der Waals surface area contributed by atoms with Gasteiger partial charge in [-0.25, -0.2) is 9.59 Å². The molecule has 1 aromatic rings. The summed E-state index contributed by atoms with van der Waals surface area (Å²) in [7, 11) is -0.884. The summed E-state index contributed by atoms with van der Waals surface area (Å²) in [6.45, 7) is 1.82. The van der Waals surface area contributed by atoms with Crippen molar-refractivity contribution in [1.29, 1.82) is 0 Å². The molecule has 0 spiro atoms. The zero-order chi connectivity index (χ0) is 15.1. The molecule has 0 saturated carbocycles. The summed E-state index contributed by atoms with van der Waals surface area (Å²) in [5.74, 6) is -0.525. The molecule has 0 heterocycles. The lowest BCUT2D eigenvalue weighted by Crippen LogP contribution is -2.36. The fourth-order valence-corrected chi connectivity index (χ4v) is 2.22. The zero-order valence-electron chi connectivity index (χ0n) is 11.4. The highest BCUT2D eigenvalue weighted by Crippen LogP contribution is 2.10. The molecule has 0 aromatic heterocycles. The number of urea groups is 1. The summed E-state index contributed by atoms with van der Waals surface area (Å²) in [5, 5.41) is 14.1. The average Bonchev–Trinajstić information content (AvgIpc) is 2.36. The second-order valence-electron chi connectivity index (χ2n) is 4.45. The molecule has 0 aliphatic rings. The van der Waals surface area contributed by atoms with E-state index in [4.69, 9.17) is 5.11 Å². The Morgan fingerprint density at radius 3 is 2.70 bits per heavy atom. The van der Waals surface area contributed by atoms with Gasteiger partial charge in [-0.15, -0.1) is 0 Å². The number of carboxylic acids is 1. The summed E-state index contributed by atoms with van der Waals surface area (Å²) >= 11 is 0. The molecule has 0 bridgehead atoms. The Labute approximate surface area is 120 Å². The van der Waals surface area contributed by atoms with Crippen LogP contribution in [-0.4, -0.2) is 39.4 Å². The van der Waals surface area contributed by atoms with Gasteiger partial charge in [0.05, 0.1) is 5.56 Å². The van der Waals surface area contributed by atoms with Gasteiger partial charge in [-0.1, -0.05) is 6.07 Å². The van der Waals surface area contributed by atoms with Gasteiger partial charge in [0, 0.05) is 34.5 Å². The van der Waals surface area contributed by atoms with Crippen molar-refractivity contribution in [2.75, 3.05) is 17.3 Å². The molecule has 0 aliphatic heterocycles. The Hall–Kier alpha value is -1.89. The number of benzene rings is 1. The number of anilines is 1. The van der Waals surface area contributed by atoms with Gasteiger partial charge < -0.3 is 15.7 Å². The highest BCUT2D eigenvalue weighted by atomic mass is 32.2. The molecule has 2 atom stereocenters. The Morgan fingerprint density at radius 1 is 1.40 bits per heavy atom. The second kappa shape index (κ2) is 7.64. The Balaban J connectivity index is 2.51. The minimum absolute atomic E-state index is 0.109. The lowest BCUT2D eigenvalue weighted by atomic mass is 10.2. The highest BCUT2D eigenvalue weighted by molar-refractivity contribution is 7.84. The number of aromatic carboxylic acids is 1. The zero-order valence-corrected chi connectivity index (χ0v) is 12.2. The van der Waals surface area contributed by atoms with Crippen molar-refractivity contribution in [3.05, 3.63) is 29.8 Å². The van der Waals surface area contributed by atoms with Gasteiger partial charge in [0.25, 0.3) is 0 Å². The maximum atomic E-state index is 11.7. The van der Waals surface area contributed by atoms with Crippen LogP contribution >= 0.6 is 0 Å². The molecular weight excluding hydrogens is 280 g/mol. The van der Waals surface area contributed by atoms with Crippen LogP contribution in [0.4, 0.5) is 10.5 Å². The molecule has 1 rings (SSSR count). The molecule has 3 N–H and O–H groups in total. The first kappa shape index (κ1) is 16.2. The summed E-state index contributed by atoms with van der Waals surface area (Å²) in [6.07, 6.45) is 2.23. The van der Waals surface area contributed by atoms with Gasteiger partial charge in [0.1, 0.15) is 0 Å². The smallest absolute Gasteiger partial charge is 0.335 e. The Bertz CT molecular complexity index is 519. The van der Waals surface area contributed by atoms with E-state index in [1.54, 1.807) is 18.4 Å². The molecule has 6 nitrogen and oxygen atoms in total. The Morgan fingerprint density at radius 2 is 2.10 bits per heavy atom. The van der Waals surface area contributed by atoms with Gasteiger partial charge in [-0.2, -0.15) is 0 Å². The molecular formula is C13H18N2O4S. The number of carbonyl (C=O) groups is 2. The third-order valence-corrected chi connectivity index (χ3v) is 3.39. The molecule has 0 aliphatic carbocycles. The van der Waals surface area contributed by atoms with E-state index in [-0.39, 0.29) is 11.6 Å². The van der Waals surface area contributed by atoms with Crippen LogP contribution in [0.15, 0.2) is 24.3 Å². The van der Waals surface area contributed by atoms with Crippen LogP contribution in [0.5, 0.6) is 0 Å². The highest BCUT2D eigenvalue weighted by Gasteiger charge is 2.09. The third kappa shape index (κ3) is 5.83. The van der Waals surface area contributed by atoms with Crippen LogP contribution in [0.2, 0.25) is 0 Å². The van der Waals surface area contributed by atoms with Gasteiger partial charge in [-0.05, 0) is 31.5 Å². The van der Waals surface area contributed by atoms with E-state index in [0.29, 0.717) is 17.9 Å². The van der Waals surface area contributed by atoms with Gasteiger partial charge in [0.15, 0.2) is 0 Å². The van der Waals surface area contributed by atoms with Crippen molar-refractivity contribution in [2.45, 2.75) is 19.4 Å². The molecule has 0 radical (unpaired) electrons. The molecule has 0 saturated heterocycles. The van der Waals surface area contributed by atoms with Gasteiger partial charge >= 0.3 is 12.0 Å². The first-order valence-electron chi connectivity index (χ1n) is 6.09. The number of rotatable bonds is 6. The van der Waals surface area contributed by atoms with Crippen LogP contribution in [0.1, 0.15) is 23.7 Å². The number of hydrogen-bond donors (Lipinski definition) is 3. The average molecular weight is 298 g/mol. The number of hydrogen-bond acceptors (Lipinski definition) is 3. The van der Waals surface area contributed by atoms with E-state index >= 15 is 0 Å². The van der Waals surface area contributed by atoms with Gasteiger partial charge in [-0.3, -0.25) is 4.21 Å². The first-order chi connectivity index (χ1) is 9.38. The fraction of sp³-hybridized carbons (Fsp3) is 0.385. The van der Waals surface area contributed by atoms with Crippen LogP contribution in [-0.2, 0) is 10.8 Å². The van der Waals surface area contributed by atoms with Crippen LogP contribution < -0.4 is 10.6 Å². The van der Waals surface area contributed by atoms with Crippen molar-refractivity contribution >= 4 is 28.5 Å². The van der Waals surface area contributed by atoms with E-state index in [2.05, 4.69) is 10.6 Å². The number of amides is 2. The van der Waals surface area contributed by atoms with Crippen molar-refractivity contribution in [3.8, 4) is 0 Å². The summed E-state index contributed by atoms with van der Waals surface area (Å²) < 4.78 is 11.0. The molecule has 20 heavy (non-hydrogen) atoms. The summed E-state index contributed by atoms with van der Waals surface area (Å²) in [4.78, 5) is 22.5. The number of carbonyl (C=O) groups excluding carboxylic acids is 1. The van der Waals surface area contributed by atoms with Crippen LogP contribution in [0, 0.1) is 0 Å². The fourth-order valence-electron chi connectivity index (χ4n) is 1.54. The minimum Gasteiger partial charge on any atom is -0.478 e. The van der Waals surface area contributed by atoms with Crippen molar-refractivity contribution in [1.82, 2.24) is 5.32 Å². The van der Waals surface area contributed by atoms with E-state index < -0.39 is 22.8 Å². The molecule has 1 aromatic carbocycles.